The lowest BCUT2D eigenvalue weighted by molar-refractivity contribution is -0.247. The number of benzene rings is 2. The number of hydrogen-bond donors (Lipinski definition) is 8. The van der Waals surface area contributed by atoms with Crippen LogP contribution in [-0.2, 0) is 46.3 Å². The first kappa shape index (κ1) is 60.5. The fourth-order valence-electron chi connectivity index (χ4n) is 11.0. The van der Waals surface area contributed by atoms with Crippen LogP contribution >= 0.6 is 23.7 Å². The number of nitrogens with two attached hydrogens (primary N) is 2. The quantitative estimate of drug-likeness (QED) is 0.0616. The number of carbonyl (C=O) groups is 5. The minimum absolute atomic E-state index is 0. The van der Waals surface area contributed by atoms with Crippen molar-refractivity contribution in [3.8, 4) is 17.2 Å². The highest BCUT2D eigenvalue weighted by Crippen LogP contribution is 2.53. The molecule has 3 fully saturated rings. The second kappa shape index (κ2) is 23.7. The Bertz CT molecular complexity index is 2720. The molecule has 76 heavy (non-hydrogen) atoms. The normalized spacial score (nSPS) is 32.7. The van der Waals surface area contributed by atoms with Crippen molar-refractivity contribution < 1.29 is 78.3 Å². The van der Waals surface area contributed by atoms with E-state index >= 15 is 0 Å². The van der Waals surface area contributed by atoms with Crippen molar-refractivity contribution in [1.29, 1.82) is 0 Å². The first-order valence-electron chi connectivity index (χ1n) is 25.7. The van der Waals surface area contributed by atoms with Crippen molar-refractivity contribution in [3.63, 3.8) is 0 Å². The number of fused-ring (bicyclic) bond motifs is 4. The maximum atomic E-state index is 13.7. The number of methoxy groups -OCH3 is 1. The zero-order chi connectivity index (χ0) is 55.2. The lowest BCUT2D eigenvalue weighted by atomic mass is 9.71. The molecular formula is C55H74ClN3O16S. The molecule has 3 aliphatic heterocycles. The largest absolute Gasteiger partial charge is 0.507 e. The van der Waals surface area contributed by atoms with Crippen molar-refractivity contribution >= 4 is 58.9 Å². The molecule has 418 valence electrons. The SMILES string of the molecule is C/C(=C\c1csc(CN)n1)[C@@H]1C[C@@H]2O[C@]2(C)CCC[C@H](C)[C@H](O)[C@@H](C)C(=O)C(C)(C)[C@@H](O)CC(=O)O1.CCC(=O)[C@]1(O)Cc2c(O)c3c(c(O)c2[C@@H](OC2CC(N)C(O)C(C)O2)C1)C(=O)c1c(OC)cccc1C3=O.Cl. The molecule has 0 radical (unpaired) electrons. The number of ether oxygens (including phenoxy) is 5. The van der Waals surface area contributed by atoms with E-state index in [0.717, 1.165) is 35.5 Å². The Kier molecular flexibility index (Phi) is 18.9. The Morgan fingerprint density at radius 2 is 1.67 bits per heavy atom. The Balaban J connectivity index is 0.000000244. The van der Waals surface area contributed by atoms with Gasteiger partial charge < -0.3 is 65.8 Å². The number of esters is 1. The number of rotatable bonds is 8. The zero-order valence-electron chi connectivity index (χ0n) is 44.5. The van der Waals surface area contributed by atoms with E-state index in [2.05, 4.69) is 11.9 Å². The summed E-state index contributed by atoms with van der Waals surface area (Å²) in [5.74, 6) is -4.66. The van der Waals surface area contributed by atoms with E-state index in [1.165, 1.54) is 36.6 Å². The summed E-state index contributed by atoms with van der Waals surface area (Å²) in [6.45, 7) is 14.4. The van der Waals surface area contributed by atoms with E-state index in [9.17, 15) is 54.6 Å². The van der Waals surface area contributed by atoms with Gasteiger partial charge >= 0.3 is 5.97 Å². The smallest absolute Gasteiger partial charge is 0.309 e. The molecule has 4 unspecified atom stereocenters. The number of ketones is 4. The van der Waals surface area contributed by atoms with Gasteiger partial charge in [0, 0.05) is 72.7 Å². The van der Waals surface area contributed by atoms with Crippen molar-refractivity contribution in [2.24, 2.45) is 28.7 Å². The Morgan fingerprint density at radius 3 is 2.30 bits per heavy atom. The molecule has 0 amide bonds. The van der Waals surface area contributed by atoms with Crippen LogP contribution in [0.4, 0.5) is 0 Å². The van der Waals surface area contributed by atoms with Gasteiger partial charge in [-0.05, 0) is 57.2 Å². The lowest BCUT2D eigenvalue weighted by Crippen LogP contribution is -2.52. The maximum Gasteiger partial charge on any atom is 0.309 e. The molecule has 8 rings (SSSR count). The number of cyclic esters (lactones) is 1. The Hall–Kier alpha value is -4.71. The van der Waals surface area contributed by atoms with Crippen molar-refractivity contribution in [3.05, 3.63) is 73.2 Å². The van der Waals surface area contributed by atoms with Gasteiger partial charge in [0.1, 0.15) is 39.7 Å². The van der Waals surface area contributed by atoms with Crippen LogP contribution in [-0.4, -0.2) is 132 Å². The molecule has 3 aromatic rings. The summed E-state index contributed by atoms with van der Waals surface area (Å²) in [5, 5.41) is 68.9. The predicted molar refractivity (Wildman–Crippen MR) is 281 cm³/mol. The molecule has 2 aromatic carbocycles. The molecule has 19 nitrogen and oxygen atoms in total. The fraction of sp³-hybridized carbons (Fsp3) is 0.600. The first-order valence-corrected chi connectivity index (χ1v) is 26.6. The number of aromatic hydroxyl groups is 2. The number of phenols is 2. The molecule has 5 aliphatic rings. The van der Waals surface area contributed by atoms with Gasteiger partial charge in [-0.25, -0.2) is 4.98 Å². The summed E-state index contributed by atoms with van der Waals surface area (Å²) in [4.78, 5) is 70.7. The highest BCUT2D eigenvalue weighted by molar-refractivity contribution is 7.09. The number of aromatic nitrogens is 1. The topological polar surface area (TPSA) is 321 Å². The zero-order valence-corrected chi connectivity index (χ0v) is 46.1. The average Bonchev–Trinajstić information content (AvgIpc) is 3.77. The molecule has 0 saturated carbocycles. The molecule has 3 saturated heterocycles. The third-order valence-corrected chi connectivity index (χ3v) is 16.9. The predicted octanol–water partition coefficient (Wildman–Crippen LogP) is 5.47. The molecule has 10 N–H and O–H groups in total. The number of phenolic OH excluding ortho intramolecular Hbond substituents is 2. The third kappa shape index (κ3) is 12.0. The fourth-order valence-corrected chi connectivity index (χ4v) is 11.7. The Morgan fingerprint density at radius 1 is 0.987 bits per heavy atom. The number of aliphatic hydroxyl groups excluding tert-OH is 3. The molecular weight excluding hydrogens is 1030 g/mol. The number of Topliss-reactive ketones (excluding diaryl/α,β-unsaturated/α-hetero) is 2. The molecule has 13 atom stereocenters. The summed E-state index contributed by atoms with van der Waals surface area (Å²) in [6.07, 6.45) is -2.72. The molecule has 1 aromatic heterocycles. The van der Waals surface area contributed by atoms with Gasteiger partial charge in [-0.15, -0.1) is 23.7 Å². The van der Waals surface area contributed by atoms with Crippen LogP contribution in [0.15, 0.2) is 29.2 Å². The summed E-state index contributed by atoms with van der Waals surface area (Å²) < 4.78 is 29.1. The van der Waals surface area contributed by atoms with E-state index in [1.807, 2.05) is 25.3 Å². The van der Waals surface area contributed by atoms with Crippen LogP contribution in [0, 0.1) is 17.3 Å². The summed E-state index contributed by atoms with van der Waals surface area (Å²) in [5.41, 5.74) is 8.77. The highest BCUT2D eigenvalue weighted by atomic mass is 35.5. The monoisotopic (exact) mass is 1100 g/mol. The van der Waals surface area contributed by atoms with Gasteiger partial charge in [0.15, 0.2) is 17.9 Å². The second-order valence-electron chi connectivity index (χ2n) is 21.7. The number of thiazole rings is 1. The number of nitrogens with zero attached hydrogens (tertiary/aromatic N) is 1. The van der Waals surface area contributed by atoms with Crippen molar-refractivity contribution in [2.75, 3.05) is 7.11 Å². The van der Waals surface area contributed by atoms with Gasteiger partial charge in [0.05, 0.1) is 83.6 Å². The summed E-state index contributed by atoms with van der Waals surface area (Å²) in [6, 6.07) is 3.76. The van der Waals surface area contributed by atoms with Gasteiger partial charge in [-0.1, -0.05) is 53.2 Å². The molecule has 2 aliphatic carbocycles. The van der Waals surface area contributed by atoms with Crippen molar-refractivity contribution in [2.45, 2.75) is 186 Å². The van der Waals surface area contributed by atoms with Crippen LogP contribution in [0.3, 0.4) is 0 Å². The van der Waals surface area contributed by atoms with Crippen LogP contribution < -0.4 is 16.2 Å². The van der Waals surface area contributed by atoms with E-state index in [1.54, 1.807) is 34.6 Å². The third-order valence-electron chi connectivity index (χ3n) is 16.0. The van der Waals surface area contributed by atoms with Gasteiger partial charge in [0.25, 0.3) is 0 Å². The minimum atomic E-state index is -1.99. The van der Waals surface area contributed by atoms with Gasteiger partial charge in [0.2, 0.25) is 5.78 Å². The second-order valence-corrected chi connectivity index (χ2v) is 22.6. The highest BCUT2D eigenvalue weighted by Gasteiger charge is 2.54. The number of hydrogen-bond acceptors (Lipinski definition) is 20. The minimum Gasteiger partial charge on any atom is -0.507 e. The van der Waals surface area contributed by atoms with Gasteiger partial charge in [-0.3, -0.25) is 24.0 Å². The van der Waals surface area contributed by atoms with E-state index < -0.39 is 118 Å². The number of halogens is 1. The lowest BCUT2D eigenvalue weighted by Gasteiger charge is -2.42. The number of carbonyl (C=O) groups excluding carboxylic acids is 5. The van der Waals surface area contributed by atoms with E-state index in [4.69, 9.17) is 35.2 Å². The first-order chi connectivity index (χ1) is 35.2. The molecule has 4 heterocycles. The standard InChI is InChI=1S/C28H31NO10.C27H42N2O6S.ClH/c1-4-17(30)28(36)9-13-20(16(10-28)39-18-8-14(29)23(31)11(2)38-18)27(35)22-21(25(13)33)24(32)12-6-5-7-15(37-3)19(12)26(22)34;1-15-8-7-9-27(6)21(35-27)11-19(16(2)10-18-14-36-22(13-28)29-18)34-23(31)12-20(30)26(4,5)25(33)17(3)24(15)32;/h5-7,11,14,16,18,23,31,33,35-36H,4,8-10,29H2,1-3H3;10,14-15,17,19-21,24,30,32H,7-9,11-13,28H2,1-6H3;1H/b;16-10+;/t11?,14?,16-,18?,23?,28-;15-,17+,19-,20-,21-,24-,27+;/m00./s1. The number of epoxide rings is 1. The van der Waals surface area contributed by atoms with E-state index in [-0.39, 0.29) is 89.5 Å². The van der Waals surface area contributed by atoms with Gasteiger partial charge in [-0.2, -0.15) is 0 Å². The Labute approximate surface area is 452 Å². The molecule has 0 bridgehead atoms. The summed E-state index contributed by atoms with van der Waals surface area (Å²) in [7, 11) is 1.34. The van der Waals surface area contributed by atoms with Crippen LogP contribution in [0.2, 0.25) is 0 Å². The van der Waals surface area contributed by atoms with Crippen LogP contribution in [0.25, 0.3) is 6.08 Å². The van der Waals surface area contributed by atoms with E-state index in [0.29, 0.717) is 13.0 Å². The van der Waals surface area contributed by atoms with Crippen molar-refractivity contribution in [1.82, 2.24) is 4.98 Å². The van der Waals surface area contributed by atoms with Crippen LogP contribution in [0.5, 0.6) is 17.2 Å². The molecule has 21 heteroatoms. The molecule has 0 spiro atoms. The summed E-state index contributed by atoms with van der Waals surface area (Å²) >= 11 is 1.48. The van der Waals surface area contributed by atoms with Crippen LogP contribution in [0.1, 0.15) is 167 Å². The maximum absolute atomic E-state index is 13.7. The number of aliphatic hydroxyl groups is 4. The average molecular weight is 1100 g/mol.